The number of sulfonamides is 1. The molecule has 0 N–H and O–H groups in total. The van der Waals surface area contributed by atoms with Gasteiger partial charge in [0.25, 0.3) is 10.1 Å². The van der Waals surface area contributed by atoms with Crippen LogP contribution in [0.2, 0.25) is 0 Å². The lowest BCUT2D eigenvalue weighted by Gasteiger charge is -2.27. The fourth-order valence-electron chi connectivity index (χ4n) is 3.51. The molecule has 0 heterocycles. The van der Waals surface area contributed by atoms with Crippen molar-refractivity contribution < 1.29 is 21.0 Å². The van der Waals surface area contributed by atoms with E-state index in [0.29, 0.717) is 16.0 Å². The summed E-state index contributed by atoms with van der Waals surface area (Å²) in [6, 6.07) is 9.84. The Kier molecular flexibility index (Phi) is 7.85. The first kappa shape index (κ1) is 24.5. The first-order valence-corrected chi connectivity index (χ1v) is 12.8. The zero-order valence-corrected chi connectivity index (χ0v) is 20.1. The van der Waals surface area contributed by atoms with Crippen molar-refractivity contribution in [3.63, 3.8) is 0 Å². The van der Waals surface area contributed by atoms with Gasteiger partial charge < -0.3 is 0 Å². The van der Waals surface area contributed by atoms with Crippen molar-refractivity contribution in [1.29, 1.82) is 0 Å². The zero-order chi connectivity index (χ0) is 22.7. The van der Waals surface area contributed by atoms with Gasteiger partial charge >= 0.3 is 0 Å². The fraction of sp³-hybridized carbons (Fsp3) is 0.455. The van der Waals surface area contributed by atoms with Crippen molar-refractivity contribution in [2.24, 2.45) is 0 Å². The van der Waals surface area contributed by atoms with Gasteiger partial charge in [0.05, 0.1) is 16.4 Å². The summed E-state index contributed by atoms with van der Waals surface area (Å²) >= 11 is 0. The summed E-state index contributed by atoms with van der Waals surface area (Å²) in [5.41, 5.74) is 3.37. The van der Waals surface area contributed by atoms with E-state index in [1.54, 1.807) is 39.8 Å². The Morgan fingerprint density at radius 2 is 1.40 bits per heavy atom. The Balaban J connectivity index is 2.12. The van der Waals surface area contributed by atoms with Crippen LogP contribution in [0.15, 0.2) is 46.2 Å². The predicted octanol–water partition coefficient (Wildman–Crippen LogP) is 4.11. The Labute approximate surface area is 181 Å². The molecule has 2 aromatic carbocycles. The highest BCUT2D eigenvalue weighted by Crippen LogP contribution is 2.27. The first-order chi connectivity index (χ1) is 13.9. The summed E-state index contributed by atoms with van der Waals surface area (Å²) < 4.78 is 57.8. The fourth-order valence-corrected chi connectivity index (χ4v) is 6.54. The summed E-state index contributed by atoms with van der Waals surface area (Å²) in [6.07, 6.45) is 0.256. The molecule has 0 aliphatic rings. The summed E-state index contributed by atoms with van der Waals surface area (Å²) in [5.74, 6) is 0. The van der Waals surface area contributed by atoms with Crippen LogP contribution in [0.3, 0.4) is 0 Å². The molecule has 0 aromatic heterocycles. The number of benzene rings is 2. The van der Waals surface area contributed by atoms with Gasteiger partial charge in [-0.05, 0) is 71.2 Å². The minimum absolute atomic E-state index is 0.0901. The lowest BCUT2D eigenvalue weighted by Crippen LogP contribution is -2.38. The normalized spacial score (nSPS) is 12.7. The van der Waals surface area contributed by atoms with E-state index < -0.39 is 20.1 Å². The minimum atomic E-state index is -3.87. The first-order valence-electron chi connectivity index (χ1n) is 9.92. The molecular weight excluding hydrogens is 422 g/mol. The molecule has 0 aliphatic heterocycles. The van der Waals surface area contributed by atoms with Crippen LogP contribution in [0.4, 0.5) is 0 Å². The van der Waals surface area contributed by atoms with Crippen molar-refractivity contribution in [2.45, 2.75) is 63.8 Å². The molecule has 0 atom stereocenters. The topological polar surface area (TPSA) is 80.8 Å². The van der Waals surface area contributed by atoms with E-state index in [4.69, 9.17) is 4.18 Å². The lowest BCUT2D eigenvalue weighted by atomic mass is 10.1. The summed E-state index contributed by atoms with van der Waals surface area (Å²) in [6.45, 7) is 11.1. The van der Waals surface area contributed by atoms with E-state index in [2.05, 4.69) is 0 Å². The average molecular weight is 454 g/mol. The highest BCUT2D eigenvalue weighted by Gasteiger charge is 2.29. The molecule has 2 aromatic rings. The van der Waals surface area contributed by atoms with Gasteiger partial charge in [0, 0.05) is 12.6 Å². The Bertz CT molecular complexity index is 1070. The number of hydrogen-bond donors (Lipinski definition) is 0. The van der Waals surface area contributed by atoms with E-state index in [-0.39, 0.29) is 30.5 Å². The van der Waals surface area contributed by atoms with Crippen LogP contribution >= 0.6 is 0 Å². The molecular formula is C22H31NO5S2. The molecule has 0 amide bonds. The molecule has 0 bridgehead atoms. The highest BCUT2D eigenvalue weighted by molar-refractivity contribution is 7.89. The molecule has 0 saturated carbocycles. The van der Waals surface area contributed by atoms with Gasteiger partial charge in [-0.2, -0.15) is 12.7 Å². The van der Waals surface area contributed by atoms with Gasteiger partial charge in [0.2, 0.25) is 10.0 Å². The molecule has 2 rings (SSSR count). The molecule has 0 spiro atoms. The zero-order valence-electron chi connectivity index (χ0n) is 18.5. The maximum absolute atomic E-state index is 13.3. The number of hydrogen-bond acceptors (Lipinski definition) is 5. The second kappa shape index (κ2) is 9.60. The Hall–Kier alpha value is -1.74. The van der Waals surface area contributed by atoms with Crippen molar-refractivity contribution in [3.05, 3.63) is 58.7 Å². The molecule has 0 saturated heterocycles. The van der Waals surface area contributed by atoms with Crippen LogP contribution in [0, 0.1) is 27.7 Å². The van der Waals surface area contributed by atoms with E-state index in [9.17, 15) is 16.8 Å². The Morgan fingerprint density at radius 1 is 0.867 bits per heavy atom. The van der Waals surface area contributed by atoms with Crippen LogP contribution in [-0.4, -0.2) is 40.3 Å². The monoisotopic (exact) mass is 453 g/mol. The summed E-state index contributed by atoms with van der Waals surface area (Å²) in [7, 11) is -7.59. The van der Waals surface area contributed by atoms with E-state index in [1.165, 1.54) is 16.4 Å². The van der Waals surface area contributed by atoms with Crippen LogP contribution < -0.4 is 0 Å². The van der Waals surface area contributed by atoms with Gasteiger partial charge in [-0.15, -0.1) is 0 Å². The molecule has 8 heteroatoms. The van der Waals surface area contributed by atoms with Gasteiger partial charge in [0.15, 0.2) is 0 Å². The molecule has 6 nitrogen and oxygen atoms in total. The molecule has 0 aliphatic carbocycles. The van der Waals surface area contributed by atoms with Gasteiger partial charge in [-0.25, -0.2) is 8.42 Å². The van der Waals surface area contributed by atoms with Crippen LogP contribution in [0.1, 0.15) is 42.5 Å². The maximum atomic E-state index is 13.3. The van der Waals surface area contributed by atoms with Gasteiger partial charge in [-0.1, -0.05) is 35.4 Å². The van der Waals surface area contributed by atoms with Gasteiger partial charge in [0.1, 0.15) is 0 Å². The van der Waals surface area contributed by atoms with Crippen molar-refractivity contribution in [3.8, 4) is 0 Å². The maximum Gasteiger partial charge on any atom is 0.296 e. The van der Waals surface area contributed by atoms with E-state index in [1.807, 2.05) is 26.0 Å². The van der Waals surface area contributed by atoms with Crippen molar-refractivity contribution >= 4 is 20.1 Å². The molecule has 30 heavy (non-hydrogen) atoms. The van der Waals surface area contributed by atoms with Crippen LogP contribution in [-0.2, 0) is 24.3 Å². The van der Waals surface area contributed by atoms with Crippen LogP contribution in [0.25, 0.3) is 0 Å². The minimum Gasteiger partial charge on any atom is -0.266 e. The summed E-state index contributed by atoms with van der Waals surface area (Å²) in [4.78, 5) is 0.405. The SMILES string of the molecule is Cc1ccc(S(=O)(=O)OCCCN(C(C)C)S(=O)(=O)c2c(C)cc(C)cc2C)cc1. The third-order valence-electron chi connectivity index (χ3n) is 4.82. The smallest absolute Gasteiger partial charge is 0.266 e. The lowest BCUT2D eigenvalue weighted by molar-refractivity contribution is 0.278. The van der Waals surface area contributed by atoms with Crippen molar-refractivity contribution in [2.75, 3.05) is 13.2 Å². The standard InChI is InChI=1S/C22H31NO5S2/c1-16(2)23(29(24,25)22-19(5)14-18(4)15-20(22)6)12-7-13-28-30(26,27)21-10-8-17(3)9-11-21/h8-11,14-16H,7,12-13H2,1-6H3. The van der Waals surface area contributed by atoms with E-state index in [0.717, 1.165) is 11.1 Å². The largest absolute Gasteiger partial charge is 0.296 e. The highest BCUT2D eigenvalue weighted by atomic mass is 32.2. The third-order valence-corrected chi connectivity index (χ3v) is 8.53. The molecule has 0 unspecified atom stereocenters. The van der Waals surface area contributed by atoms with Gasteiger partial charge in [-0.3, -0.25) is 4.18 Å². The molecule has 0 fully saturated rings. The quantitative estimate of drug-likeness (QED) is 0.421. The Morgan fingerprint density at radius 3 is 1.90 bits per heavy atom. The number of aryl methyl sites for hydroxylation is 4. The van der Waals surface area contributed by atoms with Crippen LogP contribution in [0.5, 0.6) is 0 Å². The second-order valence-electron chi connectivity index (χ2n) is 7.88. The number of rotatable bonds is 9. The average Bonchev–Trinajstić information content (AvgIpc) is 2.60. The number of nitrogens with zero attached hydrogens (tertiary/aromatic N) is 1. The molecule has 0 radical (unpaired) electrons. The predicted molar refractivity (Wildman–Crippen MR) is 119 cm³/mol. The van der Waals surface area contributed by atoms with E-state index >= 15 is 0 Å². The molecule has 166 valence electrons. The summed E-state index contributed by atoms with van der Waals surface area (Å²) in [5, 5.41) is 0. The third kappa shape index (κ3) is 5.69. The van der Waals surface area contributed by atoms with Crippen molar-refractivity contribution in [1.82, 2.24) is 4.31 Å². The second-order valence-corrected chi connectivity index (χ2v) is 11.3.